The van der Waals surface area contributed by atoms with Crippen molar-refractivity contribution in [2.45, 2.75) is 51.0 Å². The second kappa shape index (κ2) is 4.71. The Bertz CT molecular complexity index is 653. The van der Waals surface area contributed by atoms with Crippen LogP contribution in [0.5, 0.6) is 0 Å². The Morgan fingerprint density at radius 1 is 1.19 bits per heavy atom. The van der Waals surface area contributed by atoms with Gasteiger partial charge in [-0.05, 0) is 60.3 Å². The molecule has 0 aliphatic heterocycles. The van der Waals surface area contributed by atoms with Gasteiger partial charge in [-0.1, -0.05) is 32.4 Å². The van der Waals surface area contributed by atoms with E-state index < -0.39 is 10.0 Å². The van der Waals surface area contributed by atoms with E-state index in [-0.39, 0.29) is 21.8 Å². The molecule has 1 N–H and O–H groups in total. The summed E-state index contributed by atoms with van der Waals surface area (Å²) in [6.07, 6.45) is 3.25. The number of hydrogen-bond acceptors (Lipinski definition) is 2. The molecule has 3 rings (SSSR count). The number of fused-ring (bicyclic) bond motifs is 2. The molecular formula is C16H22ClNO2S. The average molecular weight is 328 g/mol. The topological polar surface area (TPSA) is 46.2 Å². The van der Waals surface area contributed by atoms with Crippen LogP contribution in [0.15, 0.2) is 29.2 Å². The lowest BCUT2D eigenvalue weighted by molar-refractivity contribution is 0.130. The minimum absolute atomic E-state index is 0.0203. The van der Waals surface area contributed by atoms with Gasteiger partial charge < -0.3 is 0 Å². The Kier molecular flexibility index (Phi) is 3.43. The second-order valence-corrected chi connectivity index (χ2v) is 9.39. The number of halogens is 1. The summed E-state index contributed by atoms with van der Waals surface area (Å²) in [6, 6.07) is 6.37. The van der Waals surface area contributed by atoms with Gasteiger partial charge in [0, 0.05) is 11.1 Å². The van der Waals surface area contributed by atoms with Crippen LogP contribution in [0.3, 0.4) is 0 Å². The summed E-state index contributed by atoms with van der Waals surface area (Å²) >= 11 is 5.83. The highest BCUT2D eigenvalue weighted by Crippen LogP contribution is 2.65. The summed E-state index contributed by atoms with van der Waals surface area (Å²) in [4.78, 5) is 0.288. The van der Waals surface area contributed by atoms with E-state index in [1.807, 2.05) is 0 Å². The summed E-state index contributed by atoms with van der Waals surface area (Å²) < 4.78 is 28.1. The second-order valence-electron chi connectivity index (χ2n) is 7.24. The zero-order valence-corrected chi connectivity index (χ0v) is 14.3. The number of nitrogens with one attached hydrogen (secondary N) is 1. The highest BCUT2D eigenvalue weighted by molar-refractivity contribution is 7.89. The smallest absolute Gasteiger partial charge is 0.207 e. The highest BCUT2D eigenvalue weighted by atomic mass is 35.5. The van der Waals surface area contributed by atoms with E-state index in [1.165, 1.54) is 6.42 Å². The lowest BCUT2D eigenvalue weighted by Crippen LogP contribution is -2.46. The van der Waals surface area contributed by atoms with Crippen molar-refractivity contribution in [3.63, 3.8) is 0 Å². The van der Waals surface area contributed by atoms with Gasteiger partial charge in [-0.15, -0.1) is 0 Å². The van der Waals surface area contributed by atoms with E-state index in [4.69, 9.17) is 11.6 Å². The number of hydrogen-bond donors (Lipinski definition) is 1. The van der Waals surface area contributed by atoms with Crippen LogP contribution in [0.1, 0.15) is 40.0 Å². The largest absolute Gasteiger partial charge is 0.240 e. The van der Waals surface area contributed by atoms with Crippen LogP contribution in [0.4, 0.5) is 0 Å². The maximum atomic E-state index is 12.6. The molecule has 3 atom stereocenters. The summed E-state index contributed by atoms with van der Waals surface area (Å²) in [7, 11) is -3.48. The Labute approximate surface area is 132 Å². The minimum Gasteiger partial charge on any atom is -0.207 e. The maximum absolute atomic E-state index is 12.6. The summed E-state index contributed by atoms with van der Waals surface area (Å²) in [5.74, 6) is 0.611. The quantitative estimate of drug-likeness (QED) is 0.917. The average Bonchev–Trinajstić information content (AvgIpc) is 2.72. The molecule has 2 aliphatic rings. The van der Waals surface area contributed by atoms with E-state index in [0.717, 1.165) is 12.8 Å². The van der Waals surface area contributed by atoms with Gasteiger partial charge in [0.2, 0.25) is 10.0 Å². The van der Waals surface area contributed by atoms with E-state index >= 15 is 0 Å². The van der Waals surface area contributed by atoms with Crippen LogP contribution in [0, 0.1) is 16.7 Å². The van der Waals surface area contributed by atoms with Gasteiger partial charge in [0.25, 0.3) is 0 Å². The van der Waals surface area contributed by atoms with Crippen LogP contribution in [-0.2, 0) is 10.0 Å². The molecule has 2 fully saturated rings. The molecule has 3 unspecified atom stereocenters. The predicted molar refractivity (Wildman–Crippen MR) is 84.8 cm³/mol. The molecule has 0 saturated heterocycles. The van der Waals surface area contributed by atoms with Crippen LogP contribution < -0.4 is 4.72 Å². The predicted octanol–water partition coefficient (Wildman–Crippen LogP) is 3.83. The first-order valence-electron chi connectivity index (χ1n) is 7.45. The Balaban J connectivity index is 1.86. The number of benzene rings is 1. The van der Waals surface area contributed by atoms with Crippen molar-refractivity contribution in [2.75, 3.05) is 0 Å². The van der Waals surface area contributed by atoms with Crippen molar-refractivity contribution in [2.24, 2.45) is 16.7 Å². The lowest BCUT2D eigenvalue weighted by atomic mass is 9.69. The zero-order chi connectivity index (χ0) is 15.5. The minimum atomic E-state index is -3.48. The van der Waals surface area contributed by atoms with Crippen molar-refractivity contribution in [1.82, 2.24) is 4.72 Å². The van der Waals surface area contributed by atoms with Crippen LogP contribution in [0.25, 0.3) is 0 Å². The van der Waals surface area contributed by atoms with Crippen molar-refractivity contribution in [3.8, 4) is 0 Å². The first-order chi connectivity index (χ1) is 9.67. The first kappa shape index (κ1) is 15.3. The maximum Gasteiger partial charge on any atom is 0.240 e. The molecule has 116 valence electrons. The lowest BCUT2D eigenvalue weighted by Gasteiger charge is -2.39. The molecule has 21 heavy (non-hydrogen) atoms. The SMILES string of the molecule is CC1(C)C2CCC1(C)C(NS(=O)(=O)c1ccc(Cl)cc1)C2. The molecule has 0 aromatic heterocycles. The van der Waals surface area contributed by atoms with E-state index in [2.05, 4.69) is 25.5 Å². The third-order valence-electron chi connectivity index (χ3n) is 6.22. The zero-order valence-electron chi connectivity index (χ0n) is 12.7. The Morgan fingerprint density at radius 3 is 2.29 bits per heavy atom. The first-order valence-corrected chi connectivity index (χ1v) is 9.31. The van der Waals surface area contributed by atoms with E-state index in [1.54, 1.807) is 24.3 Å². The van der Waals surface area contributed by atoms with E-state index in [9.17, 15) is 8.42 Å². The monoisotopic (exact) mass is 327 g/mol. The van der Waals surface area contributed by atoms with Crippen LogP contribution in [0.2, 0.25) is 5.02 Å². The third kappa shape index (κ3) is 2.23. The third-order valence-corrected chi connectivity index (χ3v) is 7.95. The van der Waals surface area contributed by atoms with Crippen molar-refractivity contribution >= 4 is 21.6 Å². The van der Waals surface area contributed by atoms with Gasteiger partial charge in [-0.25, -0.2) is 13.1 Å². The van der Waals surface area contributed by atoms with Crippen LogP contribution in [-0.4, -0.2) is 14.5 Å². The number of sulfonamides is 1. The molecule has 0 radical (unpaired) electrons. The summed E-state index contributed by atoms with van der Waals surface area (Å²) in [5.41, 5.74) is 0.233. The summed E-state index contributed by atoms with van der Waals surface area (Å²) in [5, 5.41) is 0.543. The summed E-state index contributed by atoms with van der Waals surface area (Å²) in [6.45, 7) is 6.79. The molecule has 1 aromatic carbocycles. The molecular weight excluding hydrogens is 306 g/mol. The van der Waals surface area contributed by atoms with Gasteiger partial charge in [0.05, 0.1) is 4.90 Å². The van der Waals surface area contributed by atoms with Crippen LogP contribution >= 0.6 is 11.6 Å². The molecule has 0 spiro atoms. The van der Waals surface area contributed by atoms with Gasteiger partial charge in [0.1, 0.15) is 0 Å². The van der Waals surface area contributed by atoms with Crippen molar-refractivity contribution in [1.29, 1.82) is 0 Å². The molecule has 2 bridgehead atoms. The fourth-order valence-electron chi connectivity index (χ4n) is 4.25. The highest BCUT2D eigenvalue weighted by Gasteiger charge is 2.61. The van der Waals surface area contributed by atoms with Gasteiger partial charge in [-0.2, -0.15) is 0 Å². The number of rotatable bonds is 3. The standard InChI is InChI=1S/C16H22ClNO2S/c1-15(2)11-8-9-16(15,3)14(10-11)18-21(19,20)13-6-4-12(17)5-7-13/h4-7,11,14,18H,8-10H2,1-3H3. The molecule has 0 amide bonds. The fourth-order valence-corrected chi connectivity index (χ4v) is 5.74. The molecule has 3 nitrogen and oxygen atoms in total. The molecule has 2 saturated carbocycles. The van der Waals surface area contributed by atoms with E-state index in [0.29, 0.717) is 10.9 Å². The van der Waals surface area contributed by atoms with Crippen molar-refractivity contribution in [3.05, 3.63) is 29.3 Å². The van der Waals surface area contributed by atoms with Crippen molar-refractivity contribution < 1.29 is 8.42 Å². The Morgan fingerprint density at radius 2 is 1.81 bits per heavy atom. The fraction of sp³-hybridized carbons (Fsp3) is 0.625. The normalized spacial score (nSPS) is 34.3. The Hall–Kier alpha value is -0.580. The van der Waals surface area contributed by atoms with Gasteiger partial charge in [-0.3, -0.25) is 0 Å². The molecule has 2 aliphatic carbocycles. The molecule has 1 aromatic rings. The molecule has 0 heterocycles. The van der Waals surface area contributed by atoms with Gasteiger partial charge >= 0.3 is 0 Å². The molecule has 5 heteroatoms. The van der Waals surface area contributed by atoms with Gasteiger partial charge in [0.15, 0.2) is 0 Å².